The third-order valence-corrected chi connectivity index (χ3v) is 7.58. The molecule has 7 nitrogen and oxygen atoms in total. The molecule has 1 amide bonds. The first-order valence-electron chi connectivity index (χ1n) is 9.45. The fourth-order valence-electron chi connectivity index (χ4n) is 3.29. The molecule has 1 aliphatic heterocycles. The van der Waals surface area contributed by atoms with Crippen molar-refractivity contribution in [1.82, 2.24) is 9.62 Å². The predicted molar refractivity (Wildman–Crippen MR) is 114 cm³/mol. The molecule has 1 fully saturated rings. The number of amides is 1. The van der Waals surface area contributed by atoms with Crippen LogP contribution < -0.4 is 10.1 Å². The summed E-state index contributed by atoms with van der Waals surface area (Å²) in [6.45, 7) is 4.41. The highest BCUT2D eigenvalue weighted by molar-refractivity contribution is 7.89. The molecule has 1 aromatic carbocycles. The third-order valence-electron chi connectivity index (χ3n) is 4.61. The molecule has 158 valence electrons. The fourth-order valence-corrected chi connectivity index (χ4v) is 5.83. The summed E-state index contributed by atoms with van der Waals surface area (Å²) in [4.78, 5) is 14.0. The summed E-state index contributed by atoms with van der Waals surface area (Å²) in [5, 5.41) is 2.71. The van der Waals surface area contributed by atoms with Crippen LogP contribution in [0.4, 0.5) is 0 Å². The first kappa shape index (κ1) is 21.8. The Hall–Kier alpha value is -1.94. The number of thiophene rings is 1. The molecule has 0 bridgehead atoms. The van der Waals surface area contributed by atoms with Gasteiger partial charge in [0.15, 0.2) is 0 Å². The molecule has 9 heteroatoms. The van der Waals surface area contributed by atoms with Gasteiger partial charge in [0.05, 0.1) is 25.1 Å². The lowest BCUT2D eigenvalue weighted by molar-refractivity contribution is -0.0440. The molecule has 1 N–H and O–H groups in total. The van der Waals surface area contributed by atoms with Crippen LogP contribution in [0.1, 0.15) is 23.5 Å². The van der Waals surface area contributed by atoms with Crippen molar-refractivity contribution in [1.29, 1.82) is 0 Å². The van der Waals surface area contributed by atoms with Crippen LogP contribution in [0, 0.1) is 0 Å². The lowest BCUT2D eigenvalue weighted by atomic mass is 10.2. The number of carbonyl (C=O) groups is 1. The average Bonchev–Trinajstić information content (AvgIpc) is 3.12. The SMILES string of the molecule is COc1cc(-c2ccccc2)sc1C(=O)NCCS(=O)(=O)N1C[C@H](C)O[C@@H](C)C1. The van der Waals surface area contributed by atoms with E-state index in [0.29, 0.717) is 23.7 Å². The number of carbonyl (C=O) groups excluding carboxylic acids is 1. The van der Waals surface area contributed by atoms with Crippen LogP contribution in [0.3, 0.4) is 0 Å². The smallest absolute Gasteiger partial charge is 0.265 e. The number of nitrogens with one attached hydrogen (secondary N) is 1. The van der Waals surface area contributed by atoms with E-state index < -0.39 is 10.0 Å². The third kappa shape index (κ3) is 5.36. The Bertz CT molecular complexity index is 933. The summed E-state index contributed by atoms with van der Waals surface area (Å²) >= 11 is 1.32. The normalized spacial score (nSPS) is 20.4. The van der Waals surface area contributed by atoms with Gasteiger partial charge in [0.25, 0.3) is 5.91 Å². The molecule has 1 saturated heterocycles. The van der Waals surface area contributed by atoms with Gasteiger partial charge in [0.1, 0.15) is 10.6 Å². The highest BCUT2D eigenvalue weighted by atomic mass is 32.2. The van der Waals surface area contributed by atoms with Crippen LogP contribution in [0.5, 0.6) is 5.75 Å². The standard InChI is InChI=1S/C20H26N2O5S2/c1-14-12-22(13-15(2)27-14)29(24,25)10-9-21-20(23)19-17(26-3)11-18(28-19)16-7-5-4-6-8-16/h4-8,11,14-15H,9-10,12-13H2,1-3H3,(H,21,23)/t14-,15-/m0/s1. The molecule has 0 unspecified atom stereocenters. The van der Waals surface area contributed by atoms with Crippen LogP contribution in [-0.4, -0.2) is 63.3 Å². The lowest BCUT2D eigenvalue weighted by Gasteiger charge is -2.34. The molecular weight excluding hydrogens is 412 g/mol. The van der Waals surface area contributed by atoms with E-state index in [-0.39, 0.29) is 30.4 Å². The summed E-state index contributed by atoms with van der Waals surface area (Å²) in [7, 11) is -1.96. The van der Waals surface area contributed by atoms with Crippen molar-refractivity contribution in [2.45, 2.75) is 26.1 Å². The maximum atomic E-state index is 12.6. The topological polar surface area (TPSA) is 84.9 Å². The van der Waals surface area contributed by atoms with Gasteiger partial charge < -0.3 is 14.8 Å². The lowest BCUT2D eigenvalue weighted by Crippen LogP contribution is -2.49. The molecule has 1 aliphatic rings. The summed E-state index contributed by atoms with van der Waals surface area (Å²) in [6, 6.07) is 11.5. The van der Waals surface area contributed by atoms with E-state index in [0.717, 1.165) is 10.4 Å². The number of benzene rings is 1. The highest BCUT2D eigenvalue weighted by Gasteiger charge is 2.30. The highest BCUT2D eigenvalue weighted by Crippen LogP contribution is 2.36. The zero-order valence-corrected chi connectivity index (χ0v) is 18.4. The molecule has 3 rings (SSSR count). The zero-order chi connectivity index (χ0) is 21.0. The van der Waals surface area contributed by atoms with Gasteiger partial charge in [-0.1, -0.05) is 30.3 Å². The molecule has 0 spiro atoms. The Kier molecular flexibility index (Phi) is 6.94. The Morgan fingerprint density at radius 1 is 1.24 bits per heavy atom. The van der Waals surface area contributed by atoms with E-state index in [2.05, 4.69) is 5.32 Å². The first-order chi connectivity index (χ1) is 13.8. The second-order valence-electron chi connectivity index (χ2n) is 7.02. The zero-order valence-electron chi connectivity index (χ0n) is 16.8. The van der Waals surface area contributed by atoms with E-state index >= 15 is 0 Å². The summed E-state index contributed by atoms with van der Waals surface area (Å²) < 4.78 is 37.6. The molecule has 2 atom stereocenters. The second kappa shape index (κ2) is 9.25. The van der Waals surface area contributed by atoms with Gasteiger partial charge in [0, 0.05) is 24.5 Å². The summed E-state index contributed by atoms with van der Waals surface area (Å²) in [5.41, 5.74) is 0.994. The minimum absolute atomic E-state index is 0.0308. The molecule has 0 saturated carbocycles. The minimum atomic E-state index is -3.47. The van der Waals surface area contributed by atoms with Crippen LogP contribution >= 0.6 is 11.3 Å². The van der Waals surface area contributed by atoms with Crippen molar-refractivity contribution in [3.63, 3.8) is 0 Å². The van der Waals surface area contributed by atoms with Crippen molar-refractivity contribution in [2.24, 2.45) is 0 Å². The van der Waals surface area contributed by atoms with Crippen LogP contribution in [0.15, 0.2) is 36.4 Å². The van der Waals surface area contributed by atoms with Gasteiger partial charge in [-0.05, 0) is 25.5 Å². The van der Waals surface area contributed by atoms with Crippen molar-refractivity contribution >= 4 is 27.3 Å². The Balaban J connectivity index is 1.63. The van der Waals surface area contributed by atoms with Crippen molar-refractivity contribution in [2.75, 3.05) is 32.5 Å². The van der Waals surface area contributed by atoms with Gasteiger partial charge in [-0.3, -0.25) is 4.79 Å². The fraction of sp³-hybridized carbons (Fsp3) is 0.450. The molecule has 29 heavy (non-hydrogen) atoms. The molecule has 2 heterocycles. The molecule has 1 aromatic heterocycles. The van der Waals surface area contributed by atoms with Gasteiger partial charge in [0.2, 0.25) is 10.0 Å². The maximum Gasteiger partial charge on any atom is 0.265 e. The Labute approximate surface area is 175 Å². The summed E-state index contributed by atoms with van der Waals surface area (Å²) in [6.07, 6.45) is -0.287. The van der Waals surface area contributed by atoms with Crippen molar-refractivity contribution in [3.8, 4) is 16.2 Å². The van der Waals surface area contributed by atoms with Gasteiger partial charge in [-0.25, -0.2) is 8.42 Å². The number of morpholine rings is 1. The number of nitrogens with zero attached hydrogens (tertiary/aromatic N) is 1. The molecular formula is C20H26N2O5S2. The Morgan fingerprint density at radius 2 is 1.90 bits per heavy atom. The van der Waals surface area contributed by atoms with Gasteiger partial charge in [-0.2, -0.15) is 4.31 Å². The molecule has 0 aliphatic carbocycles. The monoisotopic (exact) mass is 438 g/mol. The van der Waals surface area contributed by atoms with Crippen molar-refractivity contribution in [3.05, 3.63) is 41.3 Å². The van der Waals surface area contributed by atoms with E-state index in [1.54, 1.807) is 0 Å². The molecule has 0 radical (unpaired) electrons. The second-order valence-corrected chi connectivity index (χ2v) is 10.2. The van der Waals surface area contributed by atoms with Crippen LogP contribution in [0.25, 0.3) is 10.4 Å². The van der Waals surface area contributed by atoms with Crippen molar-refractivity contribution < 1.29 is 22.7 Å². The maximum absolute atomic E-state index is 12.6. The van der Waals surface area contributed by atoms with E-state index in [1.165, 1.54) is 22.8 Å². The Morgan fingerprint density at radius 3 is 2.52 bits per heavy atom. The van der Waals surface area contributed by atoms with E-state index in [4.69, 9.17) is 9.47 Å². The van der Waals surface area contributed by atoms with E-state index in [1.807, 2.05) is 50.2 Å². The molecule has 2 aromatic rings. The van der Waals surface area contributed by atoms with Gasteiger partial charge >= 0.3 is 0 Å². The van der Waals surface area contributed by atoms with E-state index in [9.17, 15) is 13.2 Å². The minimum Gasteiger partial charge on any atom is -0.495 e. The predicted octanol–water partition coefficient (Wildman–Crippen LogP) is 2.59. The average molecular weight is 439 g/mol. The van der Waals surface area contributed by atoms with Crippen LogP contribution in [0.2, 0.25) is 0 Å². The quantitative estimate of drug-likeness (QED) is 0.718. The first-order valence-corrected chi connectivity index (χ1v) is 11.9. The number of sulfonamides is 1. The number of methoxy groups -OCH3 is 1. The largest absolute Gasteiger partial charge is 0.495 e. The number of hydrogen-bond donors (Lipinski definition) is 1. The number of rotatable bonds is 7. The number of ether oxygens (including phenoxy) is 2. The van der Waals surface area contributed by atoms with Crippen LogP contribution in [-0.2, 0) is 14.8 Å². The summed E-state index contributed by atoms with van der Waals surface area (Å²) in [5.74, 6) is -0.0183. The van der Waals surface area contributed by atoms with Gasteiger partial charge in [-0.15, -0.1) is 11.3 Å². The number of hydrogen-bond acceptors (Lipinski definition) is 6.